The number of carbonyl (C=O) groups excluding carboxylic acids is 4. The minimum atomic E-state index is -1.23. The first kappa shape index (κ1) is 18.5. The molecule has 0 aliphatic rings. The van der Waals surface area contributed by atoms with Crippen LogP contribution in [0, 0.1) is 10.8 Å². The summed E-state index contributed by atoms with van der Waals surface area (Å²) in [6.07, 6.45) is -3.33. The number of amidine groups is 2. The lowest BCUT2D eigenvalue weighted by Crippen LogP contribution is -2.37. The number of imide groups is 2. The van der Waals surface area contributed by atoms with E-state index in [0.717, 1.165) is 0 Å². The first-order chi connectivity index (χ1) is 9.70. The van der Waals surface area contributed by atoms with Crippen molar-refractivity contribution in [3.8, 4) is 0 Å². The Labute approximate surface area is 126 Å². The molecule has 14 heteroatoms. The van der Waals surface area contributed by atoms with E-state index in [1.807, 2.05) is 0 Å². The molecule has 0 rings (SSSR count). The zero-order chi connectivity index (χ0) is 16.4. The molecule has 0 saturated heterocycles. The highest BCUT2D eigenvalue weighted by Crippen LogP contribution is 2.01. The monoisotopic (exact) mass is 338 g/mol. The number of hydrogen-bond donors (Lipinski definition) is 6. The summed E-state index contributed by atoms with van der Waals surface area (Å²) in [7, 11) is 0. The van der Waals surface area contributed by atoms with Crippen LogP contribution < -0.4 is 22.1 Å². The van der Waals surface area contributed by atoms with E-state index in [1.54, 1.807) is 10.6 Å². The Morgan fingerprint density at radius 2 is 1.19 bits per heavy atom. The molecule has 0 radical (unpaired) electrons. The molecule has 0 unspecified atom stereocenters. The second-order valence-electron chi connectivity index (χ2n) is 2.91. The molecule has 0 heterocycles. The first-order valence-corrected chi connectivity index (χ1v) is 6.23. The fourth-order valence-corrected chi connectivity index (χ4v) is 1.08. The molecule has 0 saturated carbocycles. The number of amides is 4. The summed E-state index contributed by atoms with van der Waals surface area (Å²) in [5.74, 6) is -2.12. The van der Waals surface area contributed by atoms with Crippen LogP contribution in [0.5, 0.6) is 0 Å². The fourth-order valence-electron chi connectivity index (χ4n) is 0.669. The van der Waals surface area contributed by atoms with Gasteiger partial charge < -0.3 is 19.8 Å². The summed E-state index contributed by atoms with van der Waals surface area (Å²) in [4.78, 5) is 44.3. The van der Waals surface area contributed by atoms with E-state index >= 15 is 0 Å². The van der Waals surface area contributed by atoms with Crippen molar-refractivity contribution in [2.45, 2.75) is 6.42 Å². The lowest BCUT2D eigenvalue weighted by atomic mass is 10.4. The Hall–Kier alpha value is -2.48. The number of hydrogen-bond acceptors (Lipinski definition) is 10. The van der Waals surface area contributed by atoms with Gasteiger partial charge in [0.1, 0.15) is 30.5 Å². The van der Waals surface area contributed by atoms with Crippen molar-refractivity contribution in [3.63, 3.8) is 0 Å². The van der Waals surface area contributed by atoms with Gasteiger partial charge in [-0.1, -0.05) is 0 Å². The van der Waals surface area contributed by atoms with Gasteiger partial charge >= 0.3 is 12.2 Å². The smallest absolute Gasteiger partial charge is 0.376 e. The van der Waals surface area contributed by atoms with Crippen LogP contribution in [-0.2, 0) is 18.0 Å². The summed E-state index contributed by atoms with van der Waals surface area (Å²) in [6, 6.07) is 0. The molecule has 0 spiro atoms. The molecule has 4 amide bonds. The Bertz CT molecular complexity index is 440. The summed E-state index contributed by atoms with van der Waals surface area (Å²) < 4.78 is 8.47. The fraction of sp³-hybridized carbons (Fsp3) is 0.143. The Morgan fingerprint density at radius 3 is 1.48 bits per heavy atom. The third kappa shape index (κ3) is 11.1. The molecule has 0 aromatic carbocycles. The highest BCUT2D eigenvalue weighted by Gasteiger charge is 2.17. The zero-order valence-corrected chi connectivity index (χ0v) is 11.8. The highest BCUT2D eigenvalue weighted by molar-refractivity contribution is 8.10. The van der Waals surface area contributed by atoms with Crippen LogP contribution in [0.1, 0.15) is 6.42 Å². The lowest BCUT2D eigenvalue weighted by Gasteiger charge is -2.04. The standard InChI is InChI=1S/C7H10N6O6S2/c8-4(9)20-18-6(16)12-2(14)1-3(15)13-7(17)19-21-5(10)11/h1H2,(H3,8,9)(H3,10,11)(H,12,14,16)(H,13,15,17). The van der Waals surface area contributed by atoms with E-state index in [9.17, 15) is 19.2 Å². The van der Waals surface area contributed by atoms with E-state index in [1.165, 1.54) is 0 Å². The van der Waals surface area contributed by atoms with E-state index in [-0.39, 0.29) is 24.1 Å². The minimum absolute atomic E-state index is 0.208. The van der Waals surface area contributed by atoms with Crippen molar-refractivity contribution in [2.75, 3.05) is 0 Å². The van der Waals surface area contributed by atoms with Gasteiger partial charge in [0, 0.05) is 0 Å². The average Bonchev–Trinajstić information content (AvgIpc) is 2.33. The van der Waals surface area contributed by atoms with E-state index in [4.69, 9.17) is 22.3 Å². The molecule has 21 heavy (non-hydrogen) atoms. The SMILES string of the molecule is N=C(N)SOC(=O)NC(=O)CC(=O)NC(=O)OSC(=N)N. The molecule has 0 bridgehead atoms. The summed E-state index contributed by atoms with van der Waals surface area (Å²) in [5, 5.41) is 15.7. The molecular weight excluding hydrogens is 328 g/mol. The van der Waals surface area contributed by atoms with Gasteiger partial charge in [-0.25, -0.2) is 9.59 Å². The van der Waals surface area contributed by atoms with Gasteiger partial charge in [-0.05, 0) is 0 Å². The maximum Gasteiger partial charge on any atom is 0.426 e. The first-order valence-electron chi connectivity index (χ1n) is 4.75. The highest BCUT2D eigenvalue weighted by atomic mass is 32.2. The maximum atomic E-state index is 11.2. The van der Waals surface area contributed by atoms with Gasteiger partial charge in [0.25, 0.3) is 0 Å². The molecule has 0 aromatic rings. The summed E-state index contributed by atoms with van der Waals surface area (Å²) in [5.41, 5.74) is 9.74. The van der Waals surface area contributed by atoms with Gasteiger partial charge in [0.05, 0.1) is 0 Å². The van der Waals surface area contributed by atoms with Crippen molar-refractivity contribution < 1.29 is 27.5 Å². The van der Waals surface area contributed by atoms with Crippen LogP contribution in [0.15, 0.2) is 0 Å². The Kier molecular flexibility index (Phi) is 8.31. The quantitative estimate of drug-likeness (QED) is 0.156. The van der Waals surface area contributed by atoms with E-state index in [2.05, 4.69) is 8.37 Å². The maximum absolute atomic E-state index is 11.2. The topological polar surface area (TPSA) is 211 Å². The van der Waals surface area contributed by atoms with Gasteiger partial charge in [0.2, 0.25) is 11.8 Å². The number of nitrogens with one attached hydrogen (secondary N) is 4. The van der Waals surface area contributed by atoms with Crippen molar-refractivity contribution >= 4 is 58.4 Å². The third-order valence-electron chi connectivity index (χ3n) is 1.22. The largest absolute Gasteiger partial charge is 0.426 e. The van der Waals surface area contributed by atoms with E-state index < -0.39 is 40.8 Å². The molecule has 0 aliphatic heterocycles. The van der Waals surface area contributed by atoms with Crippen LogP contribution in [0.2, 0.25) is 0 Å². The second-order valence-corrected chi connectivity index (χ2v) is 4.46. The van der Waals surface area contributed by atoms with Crippen molar-refractivity contribution in [1.82, 2.24) is 10.6 Å². The molecule has 12 nitrogen and oxygen atoms in total. The van der Waals surface area contributed by atoms with Crippen LogP contribution in [0.3, 0.4) is 0 Å². The molecule has 0 aliphatic carbocycles. The van der Waals surface area contributed by atoms with E-state index in [0.29, 0.717) is 0 Å². The molecule has 0 fully saturated rings. The van der Waals surface area contributed by atoms with Crippen LogP contribution in [-0.4, -0.2) is 34.3 Å². The summed E-state index contributed by atoms with van der Waals surface area (Å²) in [6.45, 7) is 0. The molecule has 8 N–H and O–H groups in total. The van der Waals surface area contributed by atoms with Crippen LogP contribution in [0.4, 0.5) is 9.59 Å². The third-order valence-corrected chi connectivity index (χ3v) is 2.05. The van der Waals surface area contributed by atoms with Crippen molar-refractivity contribution in [2.24, 2.45) is 11.5 Å². The predicted molar refractivity (Wildman–Crippen MR) is 72.9 cm³/mol. The Balaban J connectivity index is 4.01. The lowest BCUT2D eigenvalue weighted by molar-refractivity contribution is -0.128. The van der Waals surface area contributed by atoms with Gasteiger partial charge in [0.15, 0.2) is 10.3 Å². The van der Waals surface area contributed by atoms with Gasteiger partial charge in [-0.3, -0.25) is 31.0 Å². The van der Waals surface area contributed by atoms with Gasteiger partial charge in [-0.2, -0.15) is 0 Å². The molecular formula is C7H10N6O6S2. The number of nitrogens with two attached hydrogens (primary N) is 2. The zero-order valence-electron chi connectivity index (χ0n) is 10.1. The molecule has 0 aromatic heterocycles. The van der Waals surface area contributed by atoms with Gasteiger partial charge in [-0.15, -0.1) is 0 Å². The summed E-state index contributed by atoms with van der Waals surface area (Å²) >= 11 is 0.415. The van der Waals surface area contributed by atoms with Crippen molar-refractivity contribution in [3.05, 3.63) is 0 Å². The minimum Gasteiger partial charge on any atom is -0.376 e. The predicted octanol–water partition coefficient (Wildman–Crippen LogP) is -1.03. The number of carbonyl (C=O) groups is 4. The van der Waals surface area contributed by atoms with Crippen LogP contribution >= 0.6 is 24.1 Å². The molecule has 116 valence electrons. The average molecular weight is 338 g/mol. The van der Waals surface area contributed by atoms with Crippen LogP contribution in [0.25, 0.3) is 0 Å². The second kappa shape index (κ2) is 9.43. The van der Waals surface area contributed by atoms with Crippen molar-refractivity contribution in [1.29, 1.82) is 10.8 Å². The number of rotatable bonds is 2. The molecule has 0 atom stereocenters. The Morgan fingerprint density at radius 1 is 0.857 bits per heavy atom. The normalized spacial score (nSPS) is 9.14.